The van der Waals surface area contributed by atoms with E-state index < -0.39 is 0 Å². The van der Waals surface area contributed by atoms with E-state index in [0.29, 0.717) is 12.5 Å². The molecule has 0 unspecified atom stereocenters. The third-order valence-electron chi connectivity index (χ3n) is 6.21. The number of hydrogen-bond acceptors (Lipinski definition) is 7. The lowest BCUT2D eigenvalue weighted by molar-refractivity contribution is -0.111. The highest BCUT2D eigenvalue weighted by molar-refractivity contribution is 5.99. The van der Waals surface area contributed by atoms with Gasteiger partial charge in [-0.15, -0.1) is 0 Å². The Morgan fingerprint density at radius 1 is 1.03 bits per heavy atom. The smallest absolute Gasteiger partial charge is 0.248 e. The fourth-order valence-corrected chi connectivity index (χ4v) is 4.25. The zero-order valence-electron chi connectivity index (χ0n) is 20.6. The molecule has 2 N–H and O–H groups in total. The first-order valence-corrected chi connectivity index (χ1v) is 12.1. The number of fused-ring (bicyclic) bond motifs is 1. The van der Waals surface area contributed by atoms with Crippen molar-refractivity contribution in [1.82, 2.24) is 24.6 Å². The average Bonchev–Trinajstić information content (AvgIpc) is 3.27. The lowest BCUT2D eigenvalue weighted by Crippen LogP contribution is -2.44. The summed E-state index contributed by atoms with van der Waals surface area (Å²) in [6, 6.07) is 16.1. The largest absolute Gasteiger partial charge is 0.369 e. The third kappa shape index (κ3) is 5.52. The molecule has 4 aromatic rings. The van der Waals surface area contributed by atoms with Crippen LogP contribution in [0.2, 0.25) is 0 Å². The van der Waals surface area contributed by atoms with Crippen LogP contribution in [0, 0.1) is 0 Å². The van der Waals surface area contributed by atoms with Crippen LogP contribution in [0.3, 0.4) is 0 Å². The molecule has 1 aliphatic rings. The fourth-order valence-electron chi connectivity index (χ4n) is 4.25. The van der Waals surface area contributed by atoms with Crippen molar-refractivity contribution < 1.29 is 4.79 Å². The Labute approximate surface area is 210 Å². The van der Waals surface area contributed by atoms with Crippen molar-refractivity contribution >= 4 is 40.0 Å². The monoisotopic (exact) mass is 482 g/mol. The van der Waals surface area contributed by atoms with E-state index in [1.807, 2.05) is 35.9 Å². The molecule has 0 spiro atoms. The predicted molar refractivity (Wildman–Crippen MR) is 144 cm³/mol. The molecule has 0 saturated carbocycles. The normalized spacial score (nSPS) is 14.4. The van der Waals surface area contributed by atoms with Gasteiger partial charge < -0.3 is 20.4 Å². The van der Waals surface area contributed by atoms with E-state index in [0.717, 1.165) is 54.2 Å². The number of anilines is 4. The van der Waals surface area contributed by atoms with Gasteiger partial charge in [-0.3, -0.25) is 4.79 Å². The molecule has 1 fully saturated rings. The quantitative estimate of drug-likeness (QED) is 0.386. The second kappa shape index (κ2) is 10.6. The van der Waals surface area contributed by atoms with Gasteiger partial charge in [-0.25, -0.2) is 9.67 Å². The number of likely N-dealkylation sites (N-methyl/N-ethyl adjacent to an activating group) is 1. The molecule has 36 heavy (non-hydrogen) atoms. The van der Waals surface area contributed by atoms with E-state index in [1.165, 1.54) is 11.8 Å². The Morgan fingerprint density at radius 2 is 1.83 bits per heavy atom. The molecule has 1 aliphatic heterocycles. The number of benzene rings is 2. The van der Waals surface area contributed by atoms with Crippen molar-refractivity contribution in [2.24, 2.45) is 0 Å². The maximum absolute atomic E-state index is 11.9. The number of carbonyl (C=O) groups is 1. The summed E-state index contributed by atoms with van der Waals surface area (Å²) in [4.78, 5) is 25.8. The standard InChI is InChI=1S/C27H30N8O/c1-3-5-25(36)30-23-7-4-6-20(16-23)19-35-26-21(18-29-35)17-28-27(32-26)31-22-8-10-24(11-9-22)34-14-12-33(2)13-15-34/h3-11,16-18H,12-15,19H2,1-2H3,(H,30,36)(H,28,31,32). The number of aromatic nitrogens is 4. The Bertz CT molecular complexity index is 1370. The number of piperazine rings is 1. The van der Waals surface area contributed by atoms with Gasteiger partial charge in [0.05, 0.1) is 18.1 Å². The molecule has 2 aromatic carbocycles. The molecule has 1 amide bonds. The van der Waals surface area contributed by atoms with Gasteiger partial charge in [0.1, 0.15) is 0 Å². The maximum atomic E-state index is 11.9. The van der Waals surface area contributed by atoms with Crippen molar-refractivity contribution in [3.05, 3.63) is 78.6 Å². The summed E-state index contributed by atoms with van der Waals surface area (Å²) < 4.78 is 1.84. The van der Waals surface area contributed by atoms with E-state index in [4.69, 9.17) is 4.98 Å². The van der Waals surface area contributed by atoms with Crippen molar-refractivity contribution in [2.75, 3.05) is 48.8 Å². The number of carbonyl (C=O) groups excluding carboxylic acids is 1. The lowest BCUT2D eigenvalue weighted by Gasteiger charge is -2.34. The highest BCUT2D eigenvalue weighted by atomic mass is 16.1. The van der Waals surface area contributed by atoms with Crippen LogP contribution in [-0.4, -0.2) is 63.8 Å². The Morgan fingerprint density at radius 3 is 2.61 bits per heavy atom. The molecule has 5 rings (SSSR count). The number of amides is 1. The minimum Gasteiger partial charge on any atom is -0.369 e. The van der Waals surface area contributed by atoms with Crippen LogP contribution in [-0.2, 0) is 11.3 Å². The fraction of sp³-hybridized carbons (Fsp3) is 0.259. The van der Waals surface area contributed by atoms with Crippen molar-refractivity contribution in [1.29, 1.82) is 0 Å². The zero-order valence-corrected chi connectivity index (χ0v) is 20.6. The van der Waals surface area contributed by atoms with Crippen LogP contribution in [0.5, 0.6) is 0 Å². The minimum atomic E-state index is -0.154. The molecule has 9 nitrogen and oxygen atoms in total. The molecule has 2 aromatic heterocycles. The van der Waals surface area contributed by atoms with E-state index in [-0.39, 0.29) is 5.91 Å². The van der Waals surface area contributed by atoms with Gasteiger partial charge in [0.15, 0.2) is 5.65 Å². The van der Waals surface area contributed by atoms with Crippen molar-refractivity contribution in [2.45, 2.75) is 13.5 Å². The molecular formula is C27H30N8O. The summed E-state index contributed by atoms with van der Waals surface area (Å²) in [5, 5.41) is 11.6. The molecular weight excluding hydrogens is 452 g/mol. The summed E-state index contributed by atoms with van der Waals surface area (Å²) in [5.41, 5.74) is 4.65. The molecule has 0 aliphatic carbocycles. The van der Waals surface area contributed by atoms with Crippen molar-refractivity contribution in [3.63, 3.8) is 0 Å². The molecule has 0 bridgehead atoms. The first-order valence-electron chi connectivity index (χ1n) is 12.1. The summed E-state index contributed by atoms with van der Waals surface area (Å²) in [7, 11) is 2.16. The number of rotatable bonds is 7. The van der Waals surface area contributed by atoms with Crippen LogP contribution in [0.4, 0.5) is 23.0 Å². The molecule has 1 saturated heterocycles. The summed E-state index contributed by atoms with van der Waals surface area (Å²) >= 11 is 0. The average molecular weight is 483 g/mol. The van der Waals surface area contributed by atoms with Gasteiger partial charge in [0.2, 0.25) is 11.9 Å². The van der Waals surface area contributed by atoms with Crippen LogP contribution >= 0.6 is 0 Å². The SMILES string of the molecule is CC=CC(=O)Nc1cccc(Cn2ncc3cnc(Nc4ccc(N5CCN(C)CC5)cc4)nc32)c1. The van der Waals surface area contributed by atoms with Crippen LogP contribution < -0.4 is 15.5 Å². The second-order valence-corrected chi connectivity index (χ2v) is 8.93. The van der Waals surface area contributed by atoms with E-state index >= 15 is 0 Å². The topological polar surface area (TPSA) is 91.2 Å². The maximum Gasteiger partial charge on any atom is 0.248 e. The first-order chi connectivity index (χ1) is 17.6. The lowest BCUT2D eigenvalue weighted by atomic mass is 10.2. The molecule has 0 atom stereocenters. The van der Waals surface area contributed by atoms with E-state index in [1.54, 1.807) is 18.5 Å². The first kappa shape index (κ1) is 23.5. The number of hydrogen-bond donors (Lipinski definition) is 2. The highest BCUT2D eigenvalue weighted by Gasteiger charge is 2.14. The Hall–Kier alpha value is -4.24. The molecule has 3 heterocycles. The third-order valence-corrected chi connectivity index (χ3v) is 6.21. The Kier molecular flexibility index (Phi) is 6.90. The summed E-state index contributed by atoms with van der Waals surface area (Å²) in [5.74, 6) is 0.364. The second-order valence-electron chi connectivity index (χ2n) is 8.93. The zero-order chi connectivity index (χ0) is 24.9. The van der Waals surface area contributed by atoms with E-state index in [2.05, 4.69) is 61.8 Å². The van der Waals surface area contributed by atoms with Crippen molar-refractivity contribution in [3.8, 4) is 0 Å². The van der Waals surface area contributed by atoms with Gasteiger partial charge in [-0.1, -0.05) is 18.2 Å². The summed E-state index contributed by atoms with van der Waals surface area (Å²) in [6.07, 6.45) is 6.75. The molecule has 0 radical (unpaired) electrons. The van der Waals surface area contributed by atoms with Gasteiger partial charge >= 0.3 is 0 Å². The van der Waals surface area contributed by atoms with Crippen LogP contribution in [0.25, 0.3) is 11.0 Å². The number of allylic oxidation sites excluding steroid dienone is 1. The Balaban J connectivity index is 1.29. The van der Waals surface area contributed by atoms with Gasteiger partial charge in [0, 0.05) is 49.4 Å². The van der Waals surface area contributed by atoms with Crippen LogP contribution in [0.1, 0.15) is 12.5 Å². The van der Waals surface area contributed by atoms with Gasteiger partial charge in [-0.2, -0.15) is 10.1 Å². The summed E-state index contributed by atoms with van der Waals surface area (Å²) in [6.45, 7) is 6.57. The van der Waals surface area contributed by atoms with Crippen LogP contribution in [0.15, 0.2) is 73.1 Å². The van der Waals surface area contributed by atoms with E-state index in [9.17, 15) is 4.79 Å². The van der Waals surface area contributed by atoms with Gasteiger partial charge in [-0.05, 0) is 62.0 Å². The highest BCUT2D eigenvalue weighted by Crippen LogP contribution is 2.22. The molecule has 9 heteroatoms. The van der Waals surface area contributed by atoms with Gasteiger partial charge in [0.25, 0.3) is 0 Å². The number of nitrogens with zero attached hydrogens (tertiary/aromatic N) is 6. The number of nitrogens with one attached hydrogen (secondary N) is 2. The molecule has 184 valence electrons. The minimum absolute atomic E-state index is 0.154. The predicted octanol–water partition coefficient (Wildman–Crippen LogP) is 3.88.